The van der Waals surface area contributed by atoms with Gasteiger partial charge in [0.1, 0.15) is 0 Å². The van der Waals surface area contributed by atoms with Crippen molar-refractivity contribution in [2.75, 3.05) is 26.2 Å². The quantitative estimate of drug-likeness (QED) is 0.828. The first-order chi connectivity index (χ1) is 7.79. The number of likely N-dealkylation sites (tertiary alicyclic amines) is 1. The fourth-order valence-electron chi connectivity index (χ4n) is 2.57. The lowest BCUT2D eigenvalue weighted by atomic mass is 10.1. The second-order valence-electron chi connectivity index (χ2n) is 4.90. The van der Waals surface area contributed by atoms with Crippen LogP contribution in [0.4, 0.5) is 0 Å². The van der Waals surface area contributed by atoms with Gasteiger partial charge < -0.3 is 15.4 Å². The Labute approximate surface area is 109 Å². The summed E-state index contributed by atoms with van der Waals surface area (Å²) < 4.78 is 5.52. The number of carbonyl (C=O) groups excluding carboxylic acids is 1. The molecule has 0 saturated carbocycles. The molecule has 2 fully saturated rings. The van der Waals surface area contributed by atoms with Gasteiger partial charge >= 0.3 is 0 Å². The van der Waals surface area contributed by atoms with Crippen LogP contribution in [0.2, 0.25) is 0 Å². The van der Waals surface area contributed by atoms with E-state index in [1.54, 1.807) is 0 Å². The van der Waals surface area contributed by atoms with E-state index in [1.165, 1.54) is 0 Å². The Bertz CT molecular complexity index is 245. The molecular formula is C12H23ClN2O2. The van der Waals surface area contributed by atoms with Crippen molar-refractivity contribution in [2.24, 2.45) is 11.7 Å². The number of hydrogen-bond donors (Lipinski definition) is 1. The third-order valence-electron chi connectivity index (χ3n) is 3.68. The highest BCUT2D eigenvalue weighted by Gasteiger charge is 2.26. The van der Waals surface area contributed by atoms with Gasteiger partial charge in [-0.3, -0.25) is 4.79 Å². The van der Waals surface area contributed by atoms with Crippen LogP contribution in [0, 0.1) is 5.92 Å². The van der Waals surface area contributed by atoms with E-state index < -0.39 is 0 Å². The van der Waals surface area contributed by atoms with Crippen molar-refractivity contribution < 1.29 is 9.53 Å². The first kappa shape index (κ1) is 14.7. The van der Waals surface area contributed by atoms with E-state index in [9.17, 15) is 4.79 Å². The number of ether oxygens (including phenoxy) is 1. The second kappa shape index (κ2) is 7.19. The molecule has 100 valence electrons. The Morgan fingerprint density at radius 3 is 2.82 bits per heavy atom. The minimum atomic E-state index is 0. The van der Waals surface area contributed by atoms with Gasteiger partial charge in [0.05, 0.1) is 6.10 Å². The van der Waals surface area contributed by atoms with E-state index >= 15 is 0 Å². The number of carbonyl (C=O) groups is 1. The summed E-state index contributed by atoms with van der Waals surface area (Å²) in [6, 6.07) is 0. The fourth-order valence-corrected chi connectivity index (χ4v) is 2.57. The van der Waals surface area contributed by atoms with Crippen molar-refractivity contribution in [1.82, 2.24) is 4.90 Å². The highest BCUT2D eigenvalue weighted by Crippen LogP contribution is 2.20. The third-order valence-corrected chi connectivity index (χ3v) is 3.68. The van der Waals surface area contributed by atoms with Crippen LogP contribution in [0.25, 0.3) is 0 Å². The van der Waals surface area contributed by atoms with Crippen LogP contribution in [-0.2, 0) is 9.53 Å². The SMILES string of the molecule is Cl.NCC1CCN(C(=O)CCC2CCCO2)C1. The maximum Gasteiger partial charge on any atom is 0.222 e. The Kier molecular flexibility index (Phi) is 6.23. The molecule has 5 heteroatoms. The molecule has 2 aliphatic heterocycles. The minimum absolute atomic E-state index is 0. The molecule has 0 aliphatic carbocycles. The summed E-state index contributed by atoms with van der Waals surface area (Å²) in [5.41, 5.74) is 5.61. The van der Waals surface area contributed by atoms with Crippen LogP contribution in [0.1, 0.15) is 32.1 Å². The van der Waals surface area contributed by atoms with E-state index in [0.29, 0.717) is 25.0 Å². The smallest absolute Gasteiger partial charge is 0.222 e. The van der Waals surface area contributed by atoms with Gasteiger partial charge in [0.2, 0.25) is 5.91 Å². The van der Waals surface area contributed by atoms with Gasteiger partial charge in [-0.05, 0) is 38.1 Å². The Hall–Kier alpha value is -0.320. The summed E-state index contributed by atoms with van der Waals surface area (Å²) in [5, 5.41) is 0. The third kappa shape index (κ3) is 4.12. The molecule has 2 N–H and O–H groups in total. The van der Waals surface area contributed by atoms with Crippen molar-refractivity contribution in [3.63, 3.8) is 0 Å². The summed E-state index contributed by atoms with van der Waals surface area (Å²) in [5.74, 6) is 0.804. The number of amides is 1. The van der Waals surface area contributed by atoms with Gasteiger partial charge in [0.25, 0.3) is 0 Å². The first-order valence-electron chi connectivity index (χ1n) is 6.39. The number of rotatable bonds is 4. The molecule has 2 saturated heterocycles. The summed E-state index contributed by atoms with van der Waals surface area (Å²) >= 11 is 0. The largest absolute Gasteiger partial charge is 0.378 e. The topological polar surface area (TPSA) is 55.6 Å². The number of nitrogens with two attached hydrogens (primary N) is 1. The van der Waals surface area contributed by atoms with Gasteiger partial charge in [0.15, 0.2) is 0 Å². The number of hydrogen-bond acceptors (Lipinski definition) is 3. The lowest BCUT2D eigenvalue weighted by molar-refractivity contribution is -0.130. The molecule has 2 heterocycles. The molecule has 0 radical (unpaired) electrons. The Balaban J connectivity index is 0.00000144. The van der Waals surface area contributed by atoms with Crippen LogP contribution in [0.5, 0.6) is 0 Å². The van der Waals surface area contributed by atoms with Crippen molar-refractivity contribution in [3.05, 3.63) is 0 Å². The molecule has 0 aromatic rings. The van der Waals surface area contributed by atoms with Crippen molar-refractivity contribution in [3.8, 4) is 0 Å². The van der Waals surface area contributed by atoms with E-state index in [1.807, 2.05) is 4.90 Å². The summed E-state index contributed by atoms with van der Waals surface area (Å²) in [6.07, 6.45) is 5.21. The molecule has 2 rings (SSSR count). The lowest BCUT2D eigenvalue weighted by Crippen LogP contribution is -2.30. The van der Waals surface area contributed by atoms with E-state index in [0.717, 1.165) is 45.4 Å². The van der Waals surface area contributed by atoms with E-state index in [4.69, 9.17) is 10.5 Å². The summed E-state index contributed by atoms with van der Waals surface area (Å²) in [7, 11) is 0. The molecule has 2 aliphatic rings. The van der Waals surface area contributed by atoms with Gasteiger partial charge in [-0.15, -0.1) is 12.4 Å². The van der Waals surface area contributed by atoms with Gasteiger partial charge in [0, 0.05) is 26.1 Å². The highest BCUT2D eigenvalue weighted by molar-refractivity contribution is 5.85. The van der Waals surface area contributed by atoms with Crippen LogP contribution in [-0.4, -0.2) is 43.2 Å². The second-order valence-corrected chi connectivity index (χ2v) is 4.90. The Morgan fingerprint density at radius 1 is 1.41 bits per heavy atom. The minimum Gasteiger partial charge on any atom is -0.378 e. The zero-order chi connectivity index (χ0) is 11.4. The zero-order valence-electron chi connectivity index (χ0n) is 10.3. The normalized spacial score (nSPS) is 28.2. The summed E-state index contributed by atoms with van der Waals surface area (Å²) in [6.45, 7) is 3.33. The maximum absolute atomic E-state index is 11.9. The standard InChI is InChI=1S/C12H22N2O2.ClH/c13-8-10-5-6-14(9-10)12(15)4-3-11-2-1-7-16-11;/h10-11H,1-9,13H2;1H. The number of halogens is 1. The van der Waals surface area contributed by atoms with E-state index in [2.05, 4.69) is 0 Å². The average molecular weight is 263 g/mol. The zero-order valence-corrected chi connectivity index (χ0v) is 11.1. The Morgan fingerprint density at radius 2 is 2.24 bits per heavy atom. The number of nitrogens with zero attached hydrogens (tertiary/aromatic N) is 1. The van der Waals surface area contributed by atoms with Crippen LogP contribution < -0.4 is 5.73 Å². The van der Waals surface area contributed by atoms with Gasteiger partial charge in [-0.2, -0.15) is 0 Å². The molecule has 1 amide bonds. The molecule has 0 aromatic heterocycles. The molecular weight excluding hydrogens is 240 g/mol. The van der Waals surface area contributed by atoms with Gasteiger partial charge in [-0.1, -0.05) is 0 Å². The lowest BCUT2D eigenvalue weighted by Gasteiger charge is -2.17. The molecule has 17 heavy (non-hydrogen) atoms. The average Bonchev–Trinajstić information content (AvgIpc) is 2.96. The van der Waals surface area contributed by atoms with Crippen molar-refractivity contribution >= 4 is 18.3 Å². The molecule has 0 aromatic carbocycles. The summed E-state index contributed by atoms with van der Waals surface area (Å²) in [4.78, 5) is 13.9. The monoisotopic (exact) mass is 262 g/mol. The van der Waals surface area contributed by atoms with Gasteiger partial charge in [-0.25, -0.2) is 0 Å². The molecule has 0 bridgehead atoms. The van der Waals surface area contributed by atoms with Crippen LogP contribution >= 0.6 is 12.4 Å². The van der Waals surface area contributed by atoms with Crippen LogP contribution in [0.15, 0.2) is 0 Å². The van der Waals surface area contributed by atoms with Crippen molar-refractivity contribution in [1.29, 1.82) is 0 Å². The highest BCUT2D eigenvalue weighted by atomic mass is 35.5. The molecule has 2 unspecified atom stereocenters. The predicted molar refractivity (Wildman–Crippen MR) is 69.2 cm³/mol. The van der Waals surface area contributed by atoms with Crippen LogP contribution in [0.3, 0.4) is 0 Å². The predicted octanol–water partition coefficient (Wildman–Crippen LogP) is 1.17. The maximum atomic E-state index is 11.9. The van der Waals surface area contributed by atoms with E-state index in [-0.39, 0.29) is 18.3 Å². The molecule has 4 nitrogen and oxygen atoms in total. The molecule has 2 atom stereocenters. The first-order valence-corrected chi connectivity index (χ1v) is 6.39. The fraction of sp³-hybridized carbons (Fsp3) is 0.917. The molecule has 0 spiro atoms. The van der Waals surface area contributed by atoms with Crippen molar-refractivity contribution in [2.45, 2.75) is 38.2 Å².